The number of carbonyl (C=O) groups is 1. The molecule has 2 rings (SSSR count). The van der Waals surface area contributed by atoms with Gasteiger partial charge in [-0.1, -0.05) is 0 Å². The largest absolute Gasteiger partial charge is 0.319 e. The molecule has 0 spiro atoms. The first-order valence-corrected chi connectivity index (χ1v) is 4.91. The lowest BCUT2D eigenvalue weighted by Crippen LogP contribution is -2.13. The number of aryl methyl sites for hydroxylation is 2. The van der Waals surface area contributed by atoms with Crippen molar-refractivity contribution in [3.63, 3.8) is 0 Å². The fourth-order valence-electron chi connectivity index (χ4n) is 1.42. The van der Waals surface area contributed by atoms with Crippen LogP contribution < -0.4 is 5.32 Å². The summed E-state index contributed by atoms with van der Waals surface area (Å²) < 4.78 is 0. The molecule has 0 radical (unpaired) electrons. The lowest BCUT2D eigenvalue weighted by atomic mass is 10.2. The number of carbonyl (C=O) groups excluding carboxylic acids is 1. The van der Waals surface area contributed by atoms with Gasteiger partial charge in [0.15, 0.2) is 0 Å². The highest BCUT2D eigenvalue weighted by Crippen LogP contribution is 2.16. The highest BCUT2D eigenvalue weighted by molar-refractivity contribution is 6.04. The Balaban J connectivity index is 2.21. The number of aromatic nitrogens is 3. The van der Waals surface area contributed by atoms with Crippen LogP contribution in [-0.2, 0) is 0 Å². The minimum atomic E-state index is -0.180. The van der Waals surface area contributed by atoms with E-state index < -0.39 is 0 Å². The van der Waals surface area contributed by atoms with E-state index >= 15 is 0 Å². The van der Waals surface area contributed by atoms with Crippen molar-refractivity contribution in [3.05, 3.63) is 41.5 Å². The molecule has 0 saturated carbocycles. The first-order valence-electron chi connectivity index (χ1n) is 4.91. The SMILES string of the molecule is Cc1n[nH]c(C)c1NC(=O)c1cccnc1. The molecule has 16 heavy (non-hydrogen) atoms. The molecule has 0 atom stereocenters. The van der Waals surface area contributed by atoms with E-state index in [1.807, 2.05) is 13.8 Å². The average molecular weight is 216 g/mol. The molecular weight excluding hydrogens is 204 g/mol. The van der Waals surface area contributed by atoms with Crippen molar-refractivity contribution in [1.82, 2.24) is 15.2 Å². The third kappa shape index (κ3) is 1.93. The normalized spacial score (nSPS) is 10.1. The maximum absolute atomic E-state index is 11.8. The van der Waals surface area contributed by atoms with Crippen molar-refractivity contribution in [1.29, 1.82) is 0 Å². The molecule has 2 heterocycles. The highest BCUT2D eigenvalue weighted by Gasteiger charge is 2.11. The van der Waals surface area contributed by atoms with E-state index in [4.69, 9.17) is 0 Å². The zero-order valence-electron chi connectivity index (χ0n) is 9.11. The van der Waals surface area contributed by atoms with Crippen LogP contribution in [0.2, 0.25) is 0 Å². The second kappa shape index (κ2) is 4.14. The van der Waals surface area contributed by atoms with Crippen LogP contribution >= 0.6 is 0 Å². The second-order valence-corrected chi connectivity index (χ2v) is 3.50. The van der Waals surface area contributed by atoms with Crippen LogP contribution in [0.3, 0.4) is 0 Å². The van der Waals surface area contributed by atoms with Crippen LogP contribution in [0, 0.1) is 13.8 Å². The van der Waals surface area contributed by atoms with Crippen LogP contribution in [0.5, 0.6) is 0 Å². The highest BCUT2D eigenvalue weighted by atomic mass is 16.1. The Hall–Kier alpha value is -2.17. The summed E-state index contributed by atoms with van der Waals surface area (Å²) in [6.07, 6.45) is 3.16. The number of rotatable bonds is 2. The number of nitrogens with zero attached hydrogens (tertiary/aromatic N) is 2. The van der Waals surface area contributed by atoms with Crippen LogP contribution in [0.1, 0.15) is 21.7 Å². The summed E-state index contributed by atoms with van der Waals surface area (Å²) in [6, 6.07) is 3.44. The predicted molar refractivity (Wildman–Crippen MR) is 60.3 cm³/mol. The summed E-state index contributed by atoms with van der Waals surface area (Å²) in [6.45, 7) is 3.70. The molecule has 82 valence electrons. The predicted octanol–water partition coefficient (Wildman–Crippen LogP) is 1.67. The van der Waals surface area contributed by atoms with E-state index in [9.17, 15) is 4.79 Å². The molecule has 0 aliphatic rings. The van der Waals surface area contributed by atoms with Crippen molar-refractivity contribution < 1.29 is 4.79 Å². The Bertz CT molecular complexity index is 484. The number of H-pyrrole nitrogens is 1. The van der Waals surface area contributed by atoms with Crippen molar-refractivity contribution in [2.45, 2.75) is 13.8 Å². The summed E-state index contributed by atoms with van der Waals surface area (Å²) in [7, 11) is 0. The standard InChI is InChI=1S/C11H12N4O/c1-7-10(8(2)15-14-7)13-11(16)9-4-3-5-12-6-9/h3-6H,1-2H3,(H,13,16)(H,14,15). The van der Waals surface area contributed by atoms with Crippen LogP contribution in [0.15, 0.2) is 24.5 Å². The fourth-order valence-corrected chi connectivity index (χ4v) is 1.42. The maximum Gasteiger partial charge on any atom is 0.257 e. The van der Waals surface area contributed by atoms with Gasteiger partial charge in [-0.25, -0.2) is 0 Å². The number of hydrogen-bond donors (Lipinski definition) is 2. The van der Waals surface area contributed by atoms with Gasteiger partial charge in [0.1, 0.15) is 0 Å². The zero-order chi connectivity index (χ0) is 11.5. The third-order valence-electron chi connectivity index (χ3n) is 2.29. The minimum Gasteiger partial charge on any atom is -0.319 e. The maximum atomic E-state index is 11.8. The molecule has 0 fully saturated rings. The number of pyridine rings is 1. The molecule has 2 N–H and O–H groups in total. The molecule has 0 aromatic carbocycles. The van der Waals surface area contributed by atoms with Gasteiger partial charge in [-0.2, -0.15) is 5.10 Å². The molecule has 0 unspecified atom stereocenters. The Morgan fingerprint density at radius 3 is 2.81 bits per heavy atom. The number of anilines is 1. The lowest BCUT2D eigenvalue weighted by molar-refractivity contribution is 0.102. The van der Waals surface area contributed by atoms with Crippen LogP contribution in [0.4, 0.5) is 5.69 Å². The van der Waals surface area contributed by atoms with Crippen LogP contribution in [0.25, 0.3) is 0 Å². The second-order valence-electron chi connectivity index (χ2n) is 3.50. The molecule has 1 amide bonds. The number of aromatic amines is 1. The van der Waals surface area contributed by atoms with Gasteiger partial charge >= 0.3 is 0 Å². The molecule has 0 aliphatic heterocycles. The Morgan fingerprint density at radius 2 is 2.25 bits per heavy atom. The summed E-state index contributed by atoms with van der Waals surface area (Å²) in [5.41, 5.74) is 2.88. The lowest BCUT2D eigenvalue weighted by Gasteiger charge is -2.04. The zero-order valence-corrected chi connectivity index (χ0v) is 9.11. The topological polar surface area (TPSA) is 70.7 Å². The molecule has 2 aromatic rings. The Morgan fingerprint density at radius 1 is 1.44 bits per heavy atom. The molecule has 0 saturated heterocycles. The van der Waals surface area contributed by atoms with Gasteiger partial charge in [0.2, 0.25) is 0 Å². The Labute approximate surface area is 92.9 Å². The van der Waals surface area contributed by atoms with Gasteiger partial charge < -0.3 is 5.32 Å². The summed E-state index contributed by atoms with van der Waals surface area (Å²) in [4.78, 5) is 15.7. The van der Waals surface area contributed by atoms with E-state index in [0.29, 0.717) is 5.56 Å². The van der Waals surface area contributed by atoms with E-state index in [1.54, 1.807) is 18.3 Å². The summed E-state index contributed by atoms with van der Waals surface area (Å²) >= 11 is 0. The quantitative estimate of drug-likeness (QED) is 0.802. The molecule has 0 bridgehead atoms. The number of nitrogens with one attached hydrogen (secondary N) is 2. The smallest absolute Gasteiger partial charge is 0.257 e. The van der Waals surface area contributed by atoms with Crippen molar-refractivity contribution in [3.8, 4) is 0 Å². The van der Waals surface area contributed by atoms with Gasteiger partial charge in [0, 0.05) is 12.4 Å². The van der Waals surface area contributed by atoms with E-state index in [2.05, 4.69) is 20.5 Å². The monoisotopic (exact) mass is 216 g/mol. The molecule has 5 nitrogen and oxygen atoms in total. The molecule has 2 aromatic heterocycles. The number of hydrogen-bond acceptors (Lipinski definition) is 3. The molecule has 0 aliphatic carbocycles. The summed E-state index contributed by atoms with van der Waals surface area (Å²) in [5.74, 6) is -0.180. The van der Waals surface area contributed by atoms with Gasteiger partial charge in [-0.05, 0) is 26.0 Å². The summed E-state index contributed by atoms with van der Waals surface area (Å²) in [5, 5.41) is 9.62. The average Bonchev–Trinajstić information content (AvgIpc) is 2.62. The minimum absolute atomic E-state index is 0.180. The fraction of sp³-hybridized carbons (Fsp3) is 0.182. The molecule has 5 heteroatoms. The molecular formula is C11H12N4O. The van der Waals surface area contributed by atoms with Crippen molar-refractivity contribution >= 4 is 11.6 Å². The number of amides is 1. The third-order valence-corrected chi connectivity index (χ3v) is 2.29. The first-order chi connectivity index (χ1) is 7.68. The van der Waals surface area contributed by atoms with Crippen molar-refractivity contribution in [2.24, 2.45) is 0 Å². The van der Waals surface area contributed by atoms with Gasteiger partial charge in [0.25, 0.3) is 5.91 Å². The van der Waals surface area contributed by atoms with Gasteiger partial charge in [-0.3, -0.25) is 14.9 Å². The van der Waals surface area contributed by atoms with E-state index in [0.717, 1.165) is 17.1 Å². The first kappa shape index (κ1) is 10.4. The van der Waals surface area contributed by atoms with Gasteiger partial charge in [-0.15, -0.1) is 0 Å². The van der Waals surface area contributed by atoms with Crippen molar-refractivity contribution in [2.75, 3.05) is 5.32 Å². The Kier molecular flexibility index (Phi) is 2.68. The van der Waals surface area contributed by atoms with E-state index in [-0.39, 0.29) is 5.91 Å². The van der Waals surface area contributed by atoms with Gasteiger partial charge in [0.05, 0.1) is 22.6 Å². The van der Waals surface area contributed by atoms with E-state index in [1.165, 1.54) is 6.20 Å². The van der Waals surface area contributed by atoms with Crippen LogP contribution in [-0.4, -0.2) is 21.1 Å².